The van der Waals surface area contributed by atoms with Crippen molar-refractivity contribution in [3.8, 4) is 0 Å². The third-order valence-electron chi connectivity index (χ3n) is 3.50. The summed E-state index contributed by atoms with van der Waals surface area (Å²) >= 11 is 1.77. The first-order chi connectivity index (χ1) is 9.85. The number of nitrogens with zero attached hydrogens (tertiary/aromatic N) is 1. The predicted octanol–water partition coefficient (Wildman–Crippen LogP) is 5.34. The van der Waals surface area contributed by atoms with Crippen LogP contribution in [0, 0.1) is 5.92 Å². The van der Waals surface area contributed by atoms with Gasteiger partial charge >= 0.3 is 0 Å². The van der Waals surface area contributed by atoms with E-state index >= 15 is 0 Å². The molecular formula is C18H26N2S. The molecule has 1 atom stereocenters. The molecular weight excluding hydrogens is 276 g/mol. The van der Waals surface area contributed by atoms with E-state index in [9.17, 15) is 0 Å². The summed E-state index contributed by atoms with van der Waals surface area (Å²) in [5, 5.41) is 6.82. The van der Waals surface area contributed by atoms with E-state index in [1.807, 2.05) is 6.20 Å². The molecule has 0 fully saturated rings. The Hall–Kier alpha value is -1.35. The highest BCUT2D eigenvalue weighted by Crippen LogP contribution is 2.30. The molecule has 0 amide bonds. The Bertz CT molecular complexity index is 536. The molecule has 0 aliphatic heterocycles. The fraction of sp³-hybridized carbons (Fsp3) is 0.500. The van der Waals surface area contributed by atoms with E-state index < -0.39 is 0 Å². The number of anilines is 1. The summed E-state index contributed by atoms with van der Waals surface area (Å²) in [6.07, 6.45) is 2.96. The van der Waals surface area contributed by atoms with E-state index in [1.54, 1.807) is 11.3 Å². The summed E-state index contributed by atoms with van der Waals surface area (Å²) in [4.78, 5) is 4.51. The smallest absolute Gasteiger partial charge is 0.0961 e. The van der Waals surface area contributed by atoms with E-state index in [4.69, 9.17) is 0 Å². The molecule has 2 nitrogen and oxygen atoms in total. The van der Waals surface area contributed by atoms with E-state index in [0.29, 0.717) is 11.8 Å². The minimum atomic E-state index is 0.100. The fourth-order valence-corrected chi connectivity index (χ4v) is 3.35. The molecule has 1 aromatic carbocycles. The van der Waals surface area contributed by atoms with Crippen molar-refractivity contribution in [3.05, 3.63) is 46.4 Å². The molecule has 1 N–H and O–H groups in total. The van der Waals surface area contributed by atoms with Gasteiger partial charge in [-0.25, -0.2) is 4.98 Å². The monoisotopic (exact) mass is 302 g/mol. The van der Waals surface area contributed by atoms with Crippen molar-refractivity contribution in [1.82, 2.24) is 4.98 Å². The zero-order chi connectivity index (χ0) is 15.5. The summed E-state index contributed by atoms with van der Waals surface area (Å²) in [6.45, 7) is 11.1. The van der Waals surface area contributed by atoms with Gasteiger partial charge in [-0.15, -0.1) is 11.3 Å². The van der Waals surface area contributed by atoms with E-state index in [0.717, 1.165) is 6.42 Å². The molecule has 21 heavy (non-hydrogen) atoms. The van der Waals surface area contributed by atoms with Crippen LogP contribution in [0.2, 0.25) is 0 Å². The molecule has 0 spiro atoms. The first-order valence-corrected chi connectivity index (χ1v) is 8.49. The number of rotatable bonds is 5. The highest BCUT2D eigenvalue weighted by atomic mass is 32.1. The molecule has 0 aliphatic rings. The maximum absolute atomic E-state index is 4.51. The van der Waals surface area contributed by atoms with Crippen LogP contribution in [-0.2, 0) is 6.42 Å². The largest absolute Gasteiger partial charge is 0.380 e. The summed E-state index contributed by atoms with van der Waals surface area (Å²) < 4.78 is 0. The number of aromatic nitrogens is 1. The zero-order valence-corrected chi connectivity index (χ0v) is 14.5. The Balaban J connectivity index is 2.08. The Labute approximate surface area is 132 Å². The molecule has 3 heteroatoms. The van der Waals surface area contributed by atoms with Crippen LogP contribution in [0.3, 0.4) is 0 Å². The summed E-state index contributed by atoms with van der Waals surface area (Å²) in [7, 11) is 0. The SMILES string of the molecule is CC(C)C(Cc1ccc(NC(C)(C)C)cc1)c1nccs1. The van der Waals surface area contributed by atoms with Gasteiger partial charge in [-0.05, 0) is 50.8 Å². The van der Waals surface area contributed by atoms with Crippen LogP contribution in [-0.4, -0.2) is 10.5 Å². The van der Waals surface area contributed by atoms with E-state index in [1.165, 1.54) is 16.3 Å². The van der Waals surface area contributed by atoms with Gasteiger partial charge in [0.25, 0.3) is 0 Å². The van der Waals surface area contributed by atoms with Gasteiger partial charge in [0.05, 0.1) is 5.01 Å². The number of benzene rings is 1. The lowest BCUT2D eigenvalue weighted by Gasteiger charge is -2.23. The van der Waals surface area contributed by atoms with Crippen molar-refractivity contribution < 1.29 is 0 Å². The van der Waals surface area contributed by atoms with Crippen LogP contribution in [0.4, 0.5) is 5.69 Å². The quantitative estimate of drug-likeness (QED) is 0.807. The maximum Gasteiger partial charge on any atom is 0.0961 e. The van der Waals surface area contributed by atoms with Crippen LogP contribution in [0.5, 0.6) is 0 Å². The van der Waals surface area contributed by atoms with Gasteiger partial charge in [0.15, 0.2) is 0 Å². The van der Waals surface area contributed by atoms with Crippen molar-refractivity contribution in [2.24, 2.45) is 5.92 Å². The van der Waals surface area contributed by atoms with Gasteiger partial charge in [0, 0.05) is 28.7 Å². The first kappa shape index (κ1) is 16.0. The normalized spacial score (nSPS) is 13.4. The molecule has 114 valence electrons. The highest BCUT2D eigenvalue weighted by molar-refractivity contribution is 7.09. The van der Waals surface area contributed by atoms with E-state index in [-0.39, 0.29) is 5.54 Å². The van der Waals surface area contributed by atoms with Crippen molar-refractivity contribution in [2.75, 3.05) is 5.32 Å². The predicted molar refractivity (Wildman–Crippen MR) is 93.2 cm³/mol. The molecule has 2 aromatic rings. The Morgan fingerprint density at radius 2 is 1.81 bits per heavy atom. The lowest BCUT2D eigenvalue weighted by Crippen LogP contribution is -2.25. The second kappa shape index (κ2) is 6.61. The van der Waals surface area contributed by atoms with Crippen molar-refractivity contribution in [1.29, 1.82) is 0 Å². The standard InChI is InChI=1S/C18H26N2S/c1-13(2)16(17-19-10-11-21-17)12-14-6-8-15(9-7-14)20-18(3,4)5/h6-11,13,16,20H,12H2,1-5H3. The molecule has 0 saturated carbocycles. The number of hydrogen-bond donors (Lipinski definition) is 1. The van der Waals surface area contributed by atoms with Gasteiger partial charge in [-0.3, -0.25) is 0 Å². The topological polar surface area (TPSA) is 24.9 Å². The average molecular weight is 302 g/mol. The summed E-state index contributed by atoms with van der Waals surface area (Å²) in [6, 6.07) is 8.83. The van der Waals surface area contributed by atoms with Crippen molar-refractivity contribution in [2.45, 2.75) is 52.5 Å². The second-order valence-corrected chi connectivity index (χ2v) is 7.92. The molecule has 2 rings (SSSR count). The first-order valence-electron chi connectivity index (χ1n) is 7.61. The third kappa shape index (κ3) is 4.85. The molecule has 1 heterocycles. The van der Waals surface area contributed by atoms with Gasteiger partial charge < -0.3 is 5.32 Å². The van der Waals surface area contributed by atoms with Crippen molar-refractivity contribution >= 4 is 17.0 Å². The van der Waals surface area contributed by atoms with Gasteiger partial charge in [-0.1, -0.05) is 26.0 Å². The fourth-order valence-electron chi connectivity index (χ4n) is 2.44. The zero-order valence-electron chi connectivity index (χ0n) is 13.7. The van der Waals surface area contributed by atoms with Crippen LogP contribution in [0.15, 0.2) is 35.8 Å². The van der Waals surface area contributed by atoms with Crippen LogP contribution >= 0.6 is 11.3 Å². The molecule has 0 radical (unpaired) electrons. The number of nitrogens with one attached hydrogen (secondary N) is 1. The average Bonchev–Trinajstić information content (AvgIpc) is 2.89. The Morgan fingerprint density at radius 3 is 2.29 bits per heavy atom. The van der Waals surface area contributed by atoms with Crippen LogP contribution in [0.25, 0.3) is 0 Å². The van der Waals surface area contributed by atoms with E-state index in [2.05, 4.69) is 74.6 Å². The lowest BCUT2D eigenvalue weighted by atomic mass is 9.89. The molecule has 1 aromatic heterocycles. The Morgan fingerprint density at radius 1 is 1.14 bits per heavy atom. The van der Waals surface area contributed by atoms with Gasteiger partial charge in [-0.2, -0.15) is 0 Å². The minimum absolute atomic E-state index is 0.100. The second-order valence-electron chi connectivity index (χ2n) is 7.00. The minimum Gasteiger partial charge on any atom is -0.380 e. The highest BCUT2D eigenvalue weighted by Gasteiger charge is 2.19. The molecule has 0 bridgehead atoms. The molecule has 1 unspecified atom stereocenters. The van der Waals surface area contributed by atoms with Gasteiger partial charge in [0.1, 0.15) is 0 Å². The van der Waals surface area contributed by atoms with Crippen LogP contribution in [0.1, 0.15) is 51.1 Å². The summed E-state index contributed by atoms with van der Waals surface area (Å²) in [5.74, 6) is 1.11. The Kier molecular flexibility index (Phi) is 5.04. The van der Waals surface area contributed by atoms with Crippen molar-refractivity contribution in [3.63, 3.8) is 0 Å². The third-order valence-corrected chi connectivity index (χ3v) is 4.41. The number of hydrogen-bond acceptors (Lipinski definition) is 3. The van der Waals surface area contributed by atoms with Crippen LogP contribution < -0.4 is 5.32 Å². The molecule has 0 aliphatic carbocycles. The maximum atomic E-state index is 4.51. The number of thiazole rings is 1. The molecule has 0 saturated heterocycles. The summed E-state index contributed by atoms with van der Waals surface area (Å²) in [5.41, 5.74) is 2.66. The van der Waals surface area contributed by atoms with Gasteiger partial charge in [0.2, 0.25) is 0 Å². The lowest BCUT2D eigenvalue weighted by molar-refractivity contribution is 0.493.